The zero-order chi connectivity index (χ0) is 27.7. The molecule has 0 aliphatic heterocycles. The number of benzene rings is 3. The average Bonchev–Trinajstić information content (AvgIpc) is 2.87. The molecule has 0 saturated heterocycles. The minimum atomic E-state index is -4.97. The van der Waals surface area contributed by atoms with Crippen molar-refractivity contribution in [3.05, 3.63) is 105 Å². The molecule has 0 aromatic heterocycles. The second-order valence-corrected chi connectivity index (χ2v) is 8.63. The first kappa shape index (κ1) is 27.0. The van der Waals surface area contributed by atoms with Gasteiger partial charge in [0.05, 0.1) is 23.8 Å². The van der Waals surface area contributed by atoms with Gasteiger partial charge in [0.1, 0.15) is 12.4 Å². The maximum Gasteiger partial charge on any atom is 0.416 e. The van der Waals surface area contributed by atoms with E-state index in [9.17, 15) is 35.9 Å². The number of hydrogen-bond acceptors (Lipinski definition) is 4. The lowest BCUT2D eigenvalue weighted by Gasteiger charge is -2.19. The summed E-state index contributed by atoms with van der Waals surface area (Å²) >= 11 is 0. The number of carbonyl (C=O) groups excluding carboxylic acids is 2. The van der Waals surface area contributed by atoms with E-state index in [1.165, 1.54) is 13.2 Å². The number of Topliss-reactive ketones (excluding diaryl/α,β-unsaturated/α-hetero) is 1. The van der Waals surface area contributed by atoms with Gasteiger partial charge in [0, 0.05) is 11.1 Å². The molecule has 3 aromatic rings. The molecule has 198 valence electrons. The molecule has 0 spiro atoms. The zero-order valence-corrected chi connectivity index (χ0v) is 19.9. The van der Waals surface area contributed by atoms with Crippen LogP contribution in [0.4, 0.5) is 26.3 Å². The van der Waals surface area contributed by atoms with Crippen molar-refractivity contribution in [3.63, 3.8) is 0 Å². The van der Waals surface area contributed by atoms with Crippen molar-refractivity contribution in [3.8, 4) is 5.75 Å². The molecule has 0 fully saturated rings. The van der Waals surface area contributed by atoms with Gasteiger partial charge in [0.25, 0.3) is 0 Å². The molecule has 0 N–H and O–H groups in total. The van der Waals surface area contributed by atoms with E-state index in [-0.39, 0.29) is 30.2 Å². The minimum absolute atomic E-state index is 0.0506. The Morgan fingerprint density at radius 2 is 1.50 bits per heavy atom. The normalized spacial score (nSPS) is 14.8. The highest BCUT2D eigenvalue weighted by Gasteiger charge is 2.37. The van der Waals surface area contributed by atoms with Crippen molar-refractivity contribution in [1.82, 2.24) is 0 Å². The number of halogens is 6. The predicted molar refractivity (Wildman–Crippen MR) is 126 cm³/mol. The fraction of sp³-hybridized carbons (Fsp3) is 0.214. The van der Waals surface area contributed by atoms with Crippen LogP contribution in [-0.2, 0) is 30.1 Å². The van der Waals surface area contributed by atoms with Crippen molar-refractivity contribution >= 4 is 17.8 Å². The molecule has 38 heavy (non-hydrogen) atoms. The molecule has 3 aromatic carbocycles. The van der Waals surface area contributed by atoms with Crippen LogP contribution in [-0.4, -0.2) is 18.9 Å². The molecule has 4 rings (SSSR count). The van der Waals surface area contributed by atoms with E-state index in [1.54, 1.807) is 36.4 Å². The third-order valence-corrected chi connectivity index (χ3v) is 6.01. The van der Waals surface area contributed by atoms with Crippen LogP contribution in [0.15, 0.2) is 66.2 Å². The number of ether oxygens (including phenoxy) is 2. The van der Waals surface area contributed by atoms with E-state index in [4.69, 9.17) is 4.74 Å². The summed E-state index contributed by atoms with van der Waals surface area (Å²) in [6, 6.07) is 12.6. The number of esters is 1. The SMILES string of the molecule is COC(=O)c1ccc(COc2ccc3c(c2)CC/C(=C\c2cc(C(F)(F)F)cc(C(F)(F)F)c2)C3=O)cc1. The van der Waals surface area contributed by atoms with Crippen LogP contribution in [0.2, 0.25) is 0 Å². The number of rotatable bonds is 5. The van der Waals surface area contributed by atoms with Gasteiger partial charge in [-0.05, 0) is 84.1 Å². The van der Waals surface area contributed by atoms with Crippen LogP contribution in [0.3, 0.4) is 0 Å². The Hall–Kier alpha value is -4.08. The maximum absolute atomic E-state index is 13.2. The molecule has 10 heteroatoms. The van der Waals surface area contributed by atoms with E-state index in [1.807, 2.05) is 0 Å². The molecule has 0 radical (unpaired) electrons. The second-order valence-electron chi connectivity index (χ2n) is 8.63. The number of alkyl halides is 6. The van der Waals surface area contributed by atoms with Crippen molar-refractivity contribution in [2.75, 3.05) is 7.11 Å². The molecule has 0 unspecified atom stereocenters. The first-order chi connectivity index (χ1) is 17.8. The Labute approximate surface area is 213 Å². The van der Waals surface area contributed by atoms with E-state index < -0.39 is 35.2 Å². The van der Waals surface area contributed by atoms with E-state index >= 15 is 0 Å². The van der Waals surface area contributed by atoms with E-state index in [2.05, 4.69) is 4.74 Å². The quantitative estimate of drug-likeness (QED) is 0.196. The Morgan fingerprint density at radius 3 is 2.08 bits per heavy atom. The highest BCUT2D eigenvalue weighted by Crippen LogP contribution is 2.37. The van der Waals surface area contributed by atoms with Gasteiger partial charge >= 0.3 is 18.3 Å². The fourth-order valence-corrected chi connectivity index (χ4v) is 4.07. The molecule has 0 bridgehead atoms. The summed E-state index contributed by atoms with van der Waals surface area (Å²) in [7, 11) is 1.29. The maximum atomic E-state index is 13.2. The van der Waals surface area contributed by atoms with Gasteiger partial charge in [-0.3, -0.25) is 4.79 Å². The number of fused-ring (bicyclic) bond motifs is 1. The van der Waals surface area contributed by atoms with Crippen molar-refractivity contribution in [1.29, 1.82) is 0 Å². The van der Waals surface area contributed by atoms with Crippen molar-refractivity contribution < 1.29 is 45.4 Å². The van der Waals surface area contributed by atoms with Gasteiger partial charge in [-0.1, -0.05) is 12.1 Å². The van der Waals surface area contributed by atoms with Crippen LogP contribution in [0.1, 0.15) is 55.0 Å². The predicted octanol–water partition coefficient (Wildman–Crippen LogP) is 7.30. The van der Waals surface area contributed by atoms with Crippen LogP contribution in [0.25, 0.3) is 6.08 Å². The number of hydrogen-bond donors (Lipinski definition) is 0. The molecule has 1 aliphatic rings. The van der Waals surface area contributed by atoms with Crippen molar-refractivity contribution in [2.45, 2.75) is 31.8 Å². The van der Waals surface area contributed by atoms with Gasteiger partial charge in [0.15, 0.2) is 5.78 Å². The highest BCUT2D eigenvalue weighted by atomic mass is 19.4. The molecule has 0 saturated carbocycles. The number of ketones is 1. The Kier molecular flexibility index (Phi) is 7.35. The average molecular weight is 534 g/mol. The molecule has 4 nitrogen and oxygen atoms in total. The summed E-state index contributed by atoms with van der Waals surface area (Å²) in [5.41, 5.74) is -0.968. The van der Waals surface area contributed by atoms with Gasteiger partial charge in [-0.15, -0.1) is 0 Å². The second kappa shape index (κ2) is 10.4. The molecule has 1 aliphatic carbocycles. The molecule has 0 atom stereocenters. The van der Waals surface area contributed by atoms with Crippen LogP contribution in [0.5, 0.6) is 5.75 Å². The van der Waals surface area contributed by atoms with Gasteiger partial charge in [0.2, 0.25) is 0 Å². The number of allylic oxidation sites excluding steroid dienone is 1. The lowest BCUT2D eigenvalue weighted by molar-refractivity contribution is -0.143. The van der Waals surface area contributed by atoms with E-state index in [0.717, 1.165) is 11.6 Å². The van der Waals surface area contributed by atoms with Crippen LogP contribution < -0.4 is 4.74 Å². The Bertz CT molecular complexity index is 1370. The fourth-order valence-electron chi connectivity index (χ4n) is 4.07. The third kappa shape index (κ3) is 6.07. The van der Waals surface area contributed by atoms with Gasteiger partial charge in [-0.25, -0.2) is 4.79 Å². The third-order valence-electron chi connectivity index (χ3n) is 6.01. The number of aryl methyl sites for hydroxylation is 1. The Morgan fingerprint density at radius 1 is 0.868 bits per heavy atom. The Balaban J connectivity index is 1.52. The zero-order valence-electron chi connectivity index (χ0n) is 19.9. The lowest BCUT2D eigenvalue weighted by Crippen LogP contribution is -2.15. The summed E-state index contributed by atoms with van der Waals surface area (Å²) in [5.74, 6) is -0.449. The lowest BCUT2D eigenvalue weighted by atomic mass is 9.85. The highest BCUT2D eigenvalue weighted by molar-refractivity contribution is 6.13. The summed E-state index contributed by atoms with van der Waals surface area (Å²) in [6.45, 7) is 0.191. The summed E-state index contributed by atoms with van der Waals surface area (Å²) in [4.78, 5) is 24.5. The van der Waals surface area contributed by atoms with Gasteiger partial charge in [-0.2, -0.15) is 26.3 Å². The standard InChI is InChI=1S/C28H20F6O4/c1-37-26(36)18-4-2-16(3-5-18)15-38-23-8-9-24-19(13-23)6-7-20(25(24)35)10-17-11-21(27(29,30)31)14-22(12-17)28(32,33)34/h2-5,8-14H,6-7,15H2,1H3/b20-10+. The molecular formula is C28H20F6O4. The first-order valence-corrected chi connectivity index (χ1v) is 11.3. The monoisotopic (exact) mass is 534 g/mol. The number of methoxy groups -OCH3 is 1. The number of carbonyl (C=O) groups is 2. The van der Waals surface area contributed by atoms with Crippen molar-refractivity contribution in [2.24, 2.45) is 0 Å². The first-order valence-electron chi connectivity index (χ1n) is 11.3. The smallest absolute Gasteiger partial charge is 0.416 e. The molecule has 0 amide bonds. The molecular weight excluding hydrogens is 514 g/mol. The minimum Gasteiger partial charge on any atom is -0.489 e. The van der Waals surface area contributed by atoms with E-state index in [0.29, 0.717) is 41.0 Å². The van der Waals surface area contributed by atoms with Crippen LogP contribution >= 0.6 is 0 Å². The summed E-state index contributed by atoms with van der Waals surface area (Å²) < 4.78 is 89.5. The summed E-state index contributed by atoms with van der Waals surface area (Å²) in [6.07, 6.45) is -8.38. The van der Waals surface area contributed by atoms with Gasteiger partial charge < -0.3 is 9.47 Å². The largest absolute Gasteiger partial charge is 0.489 e. The topological polar surface area (TPSA) is 52.6 Å². The summed E-state index contributed by atoms with van der Waals surface area (Å²) in [5, 5.41) is 0. The molecule has 0 heterocycles. The van der Waals surface area contributed by atoms with Crippen LogP contribution in [0, 0.1) is 0 Å².